The molecule has 0 spiro atoms. The second-order valence-corrected chi connectivity index (χ2v) is 3.90. The maximum Gasteiger partial charge on any atom is 0.235 e. The number of ether oxygens (including phenoxy) is 2. The average Bonchev–Trinajstić information content (AvgIpc) is 2.93. The van der Waals surface area contributed by atoms with E-state index < -0.39 is 0 Å². The van der Waals surface area contributed by atoms with Crippen molar-refractivity contribution >= 4 is 5.78 Å². The van der Waals surface area contributed by atoms with Crippen LogP contribution in [0.4, 0.5) is 0 Å². The van der Waals surface area contributed by atoms with Crippen LogP contribution in [0.25, 0.3) is 0 Å². The van der Waals surface area contributed by atoms with E-state index in [0.29, 0.717) is 29.4 Å². The van der Waals surface area contributed by atoms with Gasteiger partial charge in [-0.3, -0.25) is 4.79 Å². The van der Waals surface area contributed by atoms with E-state index in [9.17, 15) is 4.79 Å². The van der Waals surface area contributed by atoms with Gasteiger partial charge in [-0.05, 0) is 19.1 Å². The minimum atomic E-state index is -0.207. The number of carbonyl (C=O) groups is 1. The van der Waals surface area contributed by atoms with Crippen LogP contribution in [-0.4, -0.2) is 29.6 Å². The van der Waals surface area contributed by atoms with Gasteiger partial charge in [0.15, 0.2) is 5.82 Å². The molecule has 2 rings (SSSR count). The number of rotatable bonds is 5. The Morgan fingerprint density at radius 1 is 1.26 bits per heavy atom. The summed E-state index contributed by atoms with van der Waals surface area (Å²) in [5.41, 5.74) is 0.397. The average molecular weight is 260 g/mol. The molecule has 0 radical (unpaired) electrons. The molecule has 1 aromatic carbocycles. The lowest BCUT2D eigenvalue weighted by Crippen LogP contribution is -2.12. The number of benzene rings is 1. The number of methoxy groups -OCH3 is 2. The first-order valence-corrected chi connectivity index (χ1v) is 5.99. The SMILES string of the molecule is CCn1ccnc1C(=O)c1c(OC)cccc1OC. The van der Waals surface area contributed by atoms with Crippen LogP contribution in [0, 0.1) is 0 Å². The lowest BCUT2D eigenvalue weighted by molar-refractivity contribution is 0.101. The molecule has 0 aliphatic carbocycles. The van der Waals surface area contributed by atoms with E-state index >= 15 is 0 Å². The van der Waals surface area contributed by atoms with Crippen LogP contribution in [0.1, 0.15) is 23.1 Å². The predicted octanol–water partition coefficient (Wildman–Crippen LogP) is 2.15. The van der Waals surface area contributed by atoms with Gasteiger partial charge in [0.1, 0.15) is 17.1 Å². The van der Waals surface area contributed by atoms with Crippen molar-refractivity contribution in [1.29, 1.82) is 0 Å². The zero-order valence-electron chi connectivity index (χ0n) is 11.2. The Labute approximate surface area is 111 Å². The van der Waals surface area contributed by atoms with Crippen LogP contribution in [0.5, 0.6) is 11.5 Å². The fourth-order valence-corrected chi connectivity index (χ4v) is 1.96. The number of nitrogens with zero attached hydrogens (tertiary/aromatic N) is 2. The molecule has 0 saturated heterocycles. The number of hydrogen-bond donors (Lipinski definition) is 0. The largest absolute Gasteiger partial charge is 0.496 e. The van der Waals surface area contributed by atoms with Crippen molar-refractivity contribution < 1.29 is 14.3 Å². The van der Waals surface area contributed by atoms with Crippen molar-refractivity contribution in [1.82, 2.24) is 9.55 Å². The molecule has 100 valence electrons. The van der Waals surface area contributed by atoms with Crippen molar-refractivity contribution in [2.24, 2.45) is 0 Å². The quantitative estimate of drug-likeness (QED) is 0.773. The summed E-state index contributed by atoms with van der Waals surface area (Å²) in [7, 11) is 3.05. The van der Waals surface area contributed by atoms with E-state index in [-0.39, 0.29) is 5.78 Å². The zero-order chi connectivity index (χ0) is 13.8. The smallest absolute Gasteiger partial charge is 0.235 e. The van der Waals surface area contributed by atoms with Gasteiger partial charge >= 0.3 is 0 Å². The molecule has 0 saturated carbocycles. The molecular weight excluding hydrogens is 244 g/mol. The molecule has 5 heteroatoms. The second kappa shape index (κ2) is 5.56. The second-order valence-electron chi connectivity index (χ2n) is 3.90. The molecule has 0 N–H and O–H groups in total. The van der Waals surface area contributed by atoms with Gasteiger partial charge in [-0.25, -0.2) is 4.98 Å². The predicted molar refractivity (Wildman–Crippen MR) is 70.9 cm³/mol. The molecule has 2 aromatic rings. The fraction of sp³-hybridized carbons (Fsp3) is 0.286. The number of imidazole rings is 1. The van der Waals surface area contributed by atoms with Gasteiger partial charge in [-0.1, -0.05) is 6.07 Å². The Bertz CT molecular complexity index is 568. The summed E-state index contributed by atoms with van der Waals surface area (Å²) in [5.74, 6) is 1.14. The van der Waals surface area contributed by atoms with E-state index in [4.69, 9.17) is 9.47 Å². The highest BCUT2D eigenvalue weighted by Crippen LogP contribution is 2.30. The summed E-state index contributed by atoms with van der Waals surface area (Å²) >= 11 is 0. The first-order valence-electron chi connectivity index (χ1n) is 5.99. The van der Waals surface area contributed by atoms with Crippen molar-refractivity contribution in [3.8, 4) is 11.5 Å². The third kappa shape index (κ3) is 2.31. The molecule has 1 heterocycles. The first kappa shape index (κ1) is 13.1. The fourth-order valence-electron chi connectivity index (χ4n) is 1.96. The standard InChI is InChI=1S/C14H16N2O3/c1-4-16-9-8-15-14(16)13(17)12-10(18-2)6-5-7-11(12)19-3/h5-9H,4H2,1-3H3. The molecule has 1 aromatic heterocycles. The third-order valence-corrected chi connectivity index (χ3v) is 2.91. The minimum Gasteiger partial charge on any atom is -0.496 e. The number of hydrogen-bond acceptors (Lipinski definition) is 4. The van der Waals surface area contributed by atoms with Gasteiger partial charge in [0.25, 0.3) is 0 Å². The van der Waals surface area contributed by atoms with E-state index in [0.717, 1.165) is 0 Å². The van der Waals surface area contributed by atoms with E-state index in [1.165, 1.54) is 14.2 Å². The molecule has 0 aliphatic heterocycles. The Morgan fingerprint density at radius 2 is 1.89 bits per heavy atom. The van der Waals surface area contributed by atoms with Crippen molar-refractivity contribution in [2.45, 2.75) is 13.5 Å². The Morgan fingerprint density at radius 3 is 2.42 bits per heavy atom. The lowest BCUT2D eigenvalue weighted by Gasteiger charge is -2.12. The summed E-state index contributed by atoms with van der Waals surface area (Å²) in [6.45, 7) is 2.64. The van der Waals surface area contributed by atoms with Crippen molar-refractivity contribution in [3.63, 3.8) is 0 Å². The number of aromatic nitrogens is 2. The summed E-state index contributed by atoms with van der Waals surface area (Å²) in [6.07, 6.45) is 3.38. The van der Waals surface area contributed by atoms with Crippen LogP contribution in [0.3, 0.4) is 0 Å². The Kier molecular flexibility index (Phi) is 3.85. The van der Waals surface area contributed by atoms with Gasteiger partial charge in [0.05, 0.1) is 14.2 Å². The summed E-state index contributed by atoms with van der Waals surface area (Å²) in [5, 5.41) is 0. The highest BCUT2D eigenvalue weighted by molar-refractivity contribution is 6.10. The molecule has 0 unspecified atom stereocenters. The maximum absolute atomic E-state index is 12.6. The van der Waals surface area contributed by atoms with Gasteiger partial charge in [-0.2, -0.15) is 0 Å². The van der Waals surface area contributed by atoms with Gasteiger partial charge in [-0.15, -0.1) is 0 Å². The van der Waals surface area contributed by atoms with Crippen LogP contribution >= 0.6 is 0 Å². The van der Waals surface area contributed by atoms with E-state index in [1.807, 2.05) is 6.92 Å². The molecule has 0 bridgehead atoms. The van der Waals surface area contributed by atoms with Gasteiger partial charge < -0.3 is 14.0 Å². The maximum atomic E-state index is 12.6. The normalized spacial score (nSPS) is 10.3. The molecule has 0 amide bonds. The highest BCUT2D eigenvalue weighted by Gasteiger charge is 2.23. The summed E-state index contributed by atoms with van der Waals surface area (Å²) < 4.78 is 12.3. The zero-order valence-corrected chi connectivity index (χ0v) is 11.2. The monoisotopic (exact) mass is 260 g/mol. The number of carbonyl (C=O) groups excluding carboxylic acids is 1. The van der Waals surface area contributed by atoms with Crippen molar-refractivity contribution in [2.75, 3.05) is 14.2 Å². The molecule has 5 nitrogen and oxygen atoms in total. The highest BCUT2D eigenvalue weighted by atomic mass is 16.5. The van der Waals surface area contributed by atoms with Gasteiger partial charge in [0.2, 0.25) is 5.78 Å². The minimum absolute atomic E-state index is 0.207. The van der Waals surface area contributed by atoms with E-state index in [1.54, 1.807) is 35.2 Å². The van der Waals surface area contributed by atoms with Crippen LogP contribution in [-0.2, 0) is 6.54 Å². The molecule has 19 heavy (non-hydrogen) atoms. The Hall–Kier alpha value is -2.30. The van der Waals surface area contributed by atoms with Gasteiger partial charge in [0, 0.05) is 18.9 Å². The van der Waals surface area contributed by atoms with Crippen molar-refractivity contribution in [3.05, 3.63) is 42.0 Å². The summed E-state index contributed by atoms with van der Waals surface area (Å²) in [4.78, 5) is 16.7. The van der Waals surface area contributed by atoms with Crippen LogP contribution in [0.2, 0.25) is 0 Å². The number of aryl methyl sites for hydroxylation is 1. The van der Waals surface area contributed by atoms with Crippen LogP contribution in [0.15, 0.2) is 30.6 Å². The molecule has 0 atom stereocenters. The molecular formula is C14H16N2O3. The molecule has 0 aliphatic rings. The topological polar surface area (TPSA) is 53.4 Å². The van der Waals surface area contributed by atoms with Crippen LogP contribution < -0.4 is 9.47 Å². The first-order chi connectivity index (χ1) is 9.22. The van der Waals surface area contributed by atoms with E-state index in [2.05, 4.69) is 4.98 Å². The summed E-state index contributed by atoms with van der Waals surface area (Å²) in [6, 6.07) is 5.24. The number of ketones is 1. The Balaban J connectivity index is 2.55. The molecule has 0 fully saturated rings. The lowest BCUT2D eigenvalue weighted by atomic mass is 10.1. The third-order valence-electron chi connectivity index (χ3n) is 2.91.